The third-order valence-electron chi connectivity index (χ3n) is 4.84. The van der Waals surface area contributed by atoms with E-state index < -0.39 is 0 Å². The molecule has 0 aromatic heterocycles. The van der Waals surface area contributed by atoms with Crippen LogP contribution in [0.2, 0.25) is 0 Å². The van der Waals surface area contributed by atoms with Crippen LogP contribution in [-0.2, 0) is 0 Å². The minimum atomic E-state index is 0.339. The Labute approximate surface area is 138 Å². The van der Waals surface area contributed by atoms with Crippen molar-refractivity contribution in [1.29, 1.82) is 0 Å². The monoisotopic (exact) mass is 304 g/mol. The van der Waals surface area contributed by atoms with E-state index in [1.165, 1.54) is 21.9 Å². The maximum absolute atomic E-state index is 9.47. The van der Waals surface area contributed by atoms with Gasteiger partial charge in [0.15, 0.2) is 0 Å². The van der Waals surface area contributed by atoms with Crippen LogP contribution >= 0.6 is 0 Å². The van der Waals surface area contributed by atoms with Gasteiger partial charge in [0, 0.05) is 0 Å². The molecule has 1 N–H and O–H groups in total. The third-order valence-corrected chi connectivity index (χ3v) is 4.84. The SMILES string of the molecule is CCC(CC(C)c1ccc2ccccc2c1)c1ccc(O)cc1. The summed E-state index contributed by atoms with van der Waals surface area (Å²) in [5.41, 5.74) is 2.72. The van der Waals surface area contributed by atoms with Crippen molar-refractivity contribution in [2.24, 2.45) is 0 Å². The van der Waals surface area contributed by atoms with Gasteiger partial charge < -0.3 is 5.11 Å². The summed E-state index contributed by atoms with van der Waals surface area (Å²) in [5, 5.41) is 12.1. The smallest absolute Gasteiger partial charge is 0.115 e. The van der Waals surface area contributed by atoms with Crippen molar-refractivity contribution in [3.05, 3.63) is 77.9 Å². The Bertz CT molecular complexity index is 773. The molecule has 0 fully saturated rings. The Morgan fingerprint density at radius 3 is 2.17 bits per heavy atom. The van der Waals surface area contributed by atoms with Crippen LogP contribution in [0.4, 0.5) is 0 Å². The molecule has 2 unspecified atom stereocenters. The Morgan fingerprint density at radius 2 is 1.48 bits per heavy atom. The highest BCUT2D eigenvalue weighted by Crippen LogP contribution is 2.33. The van der Waals surface area contributed by atoms with Crippen molar-refractivity contribution in [3.8, 4) is 5.75 Å². The Hall–Kier alpha value is -2.28. The highest BCUT2D eigenvalue weighted by atomic mass is 16.3. The van der Waals surface area contributed by atoms with Crippen LogP contribution in [0.15, 0.2) is 66.7 Å². The molecule has 0 aliphatic rings. The van der Waals surface area contributed by atoms with Gasteiger partial charge >= 0.3 is 0 Å². The normalized spacial score (nSPS) is 13.8. The topological polar surface area (TPSA) is 20.2 Å². The summed E-state index contributed by atoms with van der Waals surface area (Å²) in [5.74, 6) is 1.38. The second-order valence-electron chi connectivity index (χ2n) is 6.44. The highest BCUT2D eigenvalue weighted by molar-refractivity contribution is 5.83. The second-order valence-corrected chi connectivity index (χ2v) is 6.44. The quantitative estimate of drug-likeness (QED) is 0.592. The minimum absolute atomic E-state index is 0.339. The van der Waals surface area contributed by atoms with E-state index in [-0.39, 0.29) is 0 Å². The van der Waals surface area contributed by atoms with Gasteiger partial charge in [-0.2, -0.15) is 0 Å². The predicted octanol–water partition coefficient (Wildman–Crippen LogP) is 6.23. The van der Waals surface area contributed by atoms with Gasteiger partial charge in [-0.3, -0.25) is 0 Å². The molecule has 23 heavy (non-hydrogen) atoms. The van der Waals surface area contributed by atoms with E-state index in [1.54, 1.807) is 12.1 Å². The largest absolute Gasteiger partial charge is 0.508 e. The minimum Gasteiger partial charge on any atom is -0.508 e. The molecule has 0 heterocycles. The number of phenols is 1. The lowest BCUT2D eigenvalue weighted by atomic mass is 9.84. The summed E-state index contributed by atoms with van der Waals surface area (Å²) in [7, 11) is 0. The maximum Gasteiger partial charge on any atom is 0.115 e. The zero-order chi connectivity index (χ0) is 16.2. The third kappa shape index (κ3) is 3.56. The van der Waals surface area contributed by atoms with Crippen molar-refractivity contribution in [3.63, 3.8) is 0 Å². The summed E-state index contributed by atoms with van der Waals surface area (Å²) < 4.78 is 0. The van der Waals surface area contributed by atoms with Crippen LogP contribution < -0.4 is 0 Å². The number of rotatable bonds is 5. The van der Waals surface area contributed by atoms with Crippen LogP contribution in [0.3, 0.4) is 0 Å². The fraction of sp³-hybridized carbons (Fsp3) is 0.273. The molecule has 3 aromatic carbocycles. The van der Waals surface area contributed by atoms with Crippen LogP contribution in [0.1, 0.15) is 49.7 Å². The van der Waals surface area contributed by atoms with Gasteiger partial charge in [-0.1, -0.05) is 68.4 Å². The first-order valence-corrected chi connectivity index (χ1v) is 8.45. The number of fused-ring (bicyclic) bond motifs is 1. The van der Waals surface area contributed by atoms with Crippen LogP contribution in [0, 0.1) is 0 Å². The molecule has 1 nitrogen and oxygen atoms in total. The maximum atomic E-state index is 9.47. The average Bonchev–Trinajstić information content (AvgIpc) is 2.60. The molecule has 1 heteroatoms. The van der Waals surface area contributed by atoms with E-state index >= 15 is 0 Å². The van der Waals surface area contributed by atoms with Crippen molar-refractivity contribution >= 4 is 10.8 Å². The zero-order valence-electron chi connectivity index (χ0n) is 13.9. The van der Waals surface area contributed by atoms with Crippen molar-refractivity contribution in [1.82, 2.24) is 0 Å². The first-order valence-electron chi connectivity index (χ1n) is 8.45. The van der Waals surface area contributed by atoms with Gasteiger partial charge in [0.1, 0.15) is 5.75 Å². The lowest BCUT2D eigenvalue weighted by Crippen LogP contribution is -2.03. The summed E-state index contributed by atoms with van der Waals surface area (Å²) in [6.45, 7) is 4.55. The van der Waals surface area contributed by atoms with Gasteiger partial charge in [-0.05, 0) is 58.7 Å². The molecular weight excluding hydrogens is 280 g/mol. The summed E-state index contributed by atoms with van der Waals surface area (Å²) in [4.78, 5) is 0. The Kier molecular flexibility index (Phi) is 4.66. The standard InChI is InChI=1S/C22H24O/c1-3-17(19-10-12-22(23)13-11-19)14-16(2)20-9-8-18-6-4-5-7-21(18)15-20/h4-13,15-17,23H,3,14H2,1-2H3. The fourth-order valence-electron chi connectivity index (χ4n) is 3.36. The first kappa shape index (κ1) is 15.6. The number of hydrogen-bond acceptors (Lipinski definition) is 1. The molecule has 0 bridgehead atoms. The predicted molar refractivity (Wildman–Crippen MR) is 98.1 cm³/mol. The molecule has 0 aliphatic carbocycles. The van der Waals surface area contributed by atoms with Crippen LogP contribution in [0.5, 0.6) is 5.75 Å². The molecule has 0 radical (unpaired) electrons. The lowest BCUT2D eigenvalue weighted by Gasteiger charge is -2.21. The molecule has 0 saturated heterocycles. The highest BCUT2D eigenvalue weighted by Gasteiger charge is 2.15. The van der Waals surface area contributed by atoms with E-state index in [0.29, 0.717) is 17.6 Å². The van der Waals surface area contributed by atoms with Gasteiger partial charge in [0.05, 0.1) is 0 Å². The van der Waals surface area contributed by atoms with Gasteiger partial charge in [-0.25, -0.2) is 0 Å². The molecule has 3 rings (SSSR count). The number of benzene rings is 3. The van der Waals surface area contributed by atoms with E-state index in [4.69, 9.17) is 0 Å². The summed E-state index contributed by atoms with van der Waals surface area (Å²) in [6.07, 6.45) is 2.24. The number of phenolic OH excluding ortho intramolecular Hbond substituents is 1. The lowest BCUT2D eigenvalue weighted by molar-refractivity contribution is 0.474. The first-order chi connectivity index (χ1) is 11.2. The van der Waals surface area contributed by atoms with E-state index in [0.717, 1.165) is 12.8 Å². The van der Waals surface area contributed by atoms with E-state index in [2.05, 4.69) is 68.4 Å². The zero-order valence-corrected chi connectivity index (χ0v) is 13.9. The molecule has 0 amide bonds. The molecule has 118 valence electrons. The number of hydrogen-bond donors (Lipinski definition) is 1. The van der Waals surface area contributed by atoms with E-state index in [9.17, 15) is 5.11 Å². The molecule has 0 aliphatic heterocycles. The number of aromatic hydroxyl groups is 1. The molecular formula is C22H24O. The van der Waals surface area contributed by atoms with Crippen LogP contribution in [0.25, 0.3) is 10.8 Å². The van der Waals surface area contributed by atoms with Gasteiger partial charge in [-0.15, -0.1) is 0 Å². The summed E-state index contributed by atoms with van der Waals surface area (Å²) >= 11 is 0. The molecule has 0 spiro atoms. The van der Waals surface area contributed by atoms with Crippen molar-refractivity contribution in [2.75, 3.05) is 0 Å². The molecule has 2 atom stereocenters. The van der Waals surface area contributed by atoms with E-state index in [1.807, 2.05) is 0 Å². The van der Waals surface area contributed by atoms with Crippen LogP contribution in [-0.4, -0.2) is 5.11 Å². The Balaban J connectivity index is 1.80. The molecule has 3 aromatic rings. The summed E-state index contributed by atoms with van der Waals surface area (Å²) in [6, 6.07) is 23.0. The van der Waals surface area contributed by atoms with Crippen molar-refractivity contribution < 1.29 is 5.11 Å². The Morgan fingerprint density at radius 1 is 0.826 bits per heavy atom. The average molecular weight is 304 g/mol. The molecule has 0 saturated carbocycles. The van der Waals surface area contributed by atoms with Gasteiger partial charge in [0.25, 0.3) is 0 Å². The van der Waals surface area contributed by atoms with Gasteiger partial charge in [0.2, 0.25) is 0 Å². The fourth-order valence-corrected chi connectivity index (χ4v) is 3.36. The second kappa shape index (κ2) is 6.87. The van der Waals surface area contributed by atoms with Crippen molar-refractivity contribution in [2.45, 2.75) is 38.5 Å².